The van der Waals surface area contributed by atoms with E-state index in [2.05, 4.69) is 31.2 Å². The molecule has 2 aromatic carbocycles. The van der Waals surface area contributed by atoms with Gasteiger partial charge in [0, 0.05) is 17.5 Å². The van der Waals surface area contributed by atoms with Crippen molar-refractivity contribution in [3.05, 3.63) is 63.2 Å². The highest BCUT2D eigenvalue weighted by Crippen LogP contribution is 2.46. The highest BCUT2D eigenvalue weighted by atomic mass is 35.5. The third kappa shape index (κ3) is 4.40. The van der Waals surface area contributed by atoms with Crippen molar-refractivity contribution in [2.45, 2.75) is 76.2 Å². The molecule has 0 bridgehead atoms. The second kappa shape index (κ2) is 9.67. The molecule has 2 aliphatic heterocycles. The quantitative estimate of drug-likeness (QED) is 0.527. The third-order valence-corrected chi connectivity index (χ3v) is 6.85. The summed E-state index contributed by atoms with van der Waals surface area (Å²) in [7, 11) is 0. The molecular weight excluding hydrogens is 432 g/mol. The van der Waals surface area contributed by atoms with E-state index in [0.29, 0.717) is 29.2 Å². The fourth-order valence-electron chi connectivity index (χ4n) is 4.67. The summed E-state index contributed by atoms with van der Waals surface area (Å²) < 4.78 is 11.8. The second-order valence-electron chi connectivity index (χ2n) is 8.87. The molecule has 32 heavy (non-hydrogen) atoms. The van der Waals surface area contributed by atoms with Crippen LogP contribution in [0.3, 0.4) is 0 Å². The first-order valence-corrected chi connectivity index (χ1v) is 11.6. The van der Waals surface area contributed by atoms with Gasteiger partial charge in [-0.2, -0.15) is 0 Å². The molecule has 1 unspecified atom stereocenters. The lowest BCUT2D eigenvalue weighted by molar-refractivity contribution is -0.232. The molecule has 0 radical (unpaired) electrons. The molecule has 6 nitrogen and oxygen atoms in total. The largest absolute Gasteiger partial charge is 0.490 e. The number of aliphatic hydroxyl groups is 4. The lowest BCUT2D eigenvalue weighted by Crippen LogP contribution is -2.55. The Bertz CT molecular complexity index is 944. The zero-order chi connectivity index (χ0) is 23.0. The van der Waals surface area contributed by atoms with Crippen molar-refractivity contribution >= 4 is 11.6 Å². The summed E-state index contributed by atoms with van der Waals surface area (Å²) in [5.74, 6) is 0.550. The topological polar surface area (TPSA) is 99.4 Å². The maximum atomic E-state index is 10.7. The summed E-state index contributed by atoms with van der Waals surface area (Å²) in [6, 6.07) is 10.3. The summed E-state index contributed by atoms with van der Waals surface area (Å²) in [4.78, 5) is 0. The van der Waals surface area contributed by atoms with E-state index in [-0.39, 0.29) is 6.10 Å². The molecule has 1 fully saturated rings. The Hall–Kier alpha value is -1.67. The molecule has 6 atom stereocenters. The minimum absolute atomic E-state index is 0.0882. The number of hydrogen-bond donors (Lipinski definition) is 4. The highest BCUT2D eigenvalue weighted by molar-refractivity contribution is 6.32. The van der Waals surface area contributed by atoms with Crippen LogP contribution in [0.15, 0.2) is 30.3 Å². The molecule has 0 aromatic heterocycles. The Morgan fingerprint density at radius 2 is 1.72 bits per heavy atom. The van der Waals surface area contributed by atoms with Gasteiger partial charge in [-0.05, 0) is 42.5 Å². The summed E-state index contributed by atoms with van der Waals surface area (Å²) >= 11 is 6.79. The van der Waals surface area contributed by atoms with E-state index >= 15 is 0 Å². The van der Waals surface area contributed by atoms with E-state index in [4.69, 9.17) is 21.1 Å². The maximum Gasteiger partial charge on any atom is 0.130 e. The van der Waals surface area contributed by atoms with E-state index in [1.54, 1.807) is 0 Å². The molecule has 2 aliphatic rings. The Morgan fingerprint density at radius 1 is 1.03 bits per heavy atom. The van der Waals surface area contributed by atoms with Gasteiger partial charge in [0.15, 0.2) is 0 Å². The van der Waals surface area contributed by atoms with Crippen molar-refractivity contribution in [3.63, 3.8) is 0 Å². The van der Waals surface area contributed by atoms with E-state index in [1.807, 2.05) is 13.0 Å². The number of halogens is 1. The molecule has 0 amide bonds. The van der Waals surface area contributed by atoms with Crippen LogP contribution in [0.2, 0.25) is 5.02 Å². The molecule has 0 spiro atoms. The van der Waals surface area contributed by atoms with Crippen LogP contribution in [0.5, 0.6) is 5.75 Å². The monoisotopic (exact) mass is 462 g/mol. The number of aryl methyl sites for hydroxylation is 1. The second-order valence-corrected chi connectivity index (χ2v) is 9.25. The number of aliphatic hydroxyl groups excluding tert-OH is 4. The normalized spacial score (nSPS) is 29.6. The molecule has 174 valence electrons. The van der Waals surface area contributed by atoms with Crippen molar-refractivity contribution in [2.24, 2.45) is 0 Å². The van der Waals surface area contributed by atoms with Crippen molar-refractivity contribution in [3.8, 4) is 5.75 Å². The average Bonchev–Trinajstić information content (AvgIpc) is 3.18. The Labute approximate surface area is 193 Å². The van der Waals surface area contributed by atoms with Crippen LogP contribution in [-0.2, 0) is 24.0 Å². The van der Waals surface area contributed by atoms with Gasteiger partial charge in [-0.15, -0.1) is 0 Å². The van der Waals surface area contributed by atoms with Crippen molar-refractivity contribution in [1.82, 2.24) is 0 Å². The number of fused-ring (bicyclic) bond motifs is 1. The first kappa shape index (κ1) is 23.5. The third-order valence-electron chi connectivity index (χ3n) is 6.38. The van der Waals surface area contributed by atoms with Crippen LogP contribution >= 0.6 is 11.6 Å². The number of hydrogen-bond acceptors (Lipinski definition) is 6. The number of rotatable bonds is 6. The van der Waals surface area contributed by atoms with E-state index in [9.17, 15) is 20.4 Å². The van der Waals surface area contributed by atoms with Crippen LogP contribution in [-0.4, -0.2) is 57.6 Å². The highest BCUT2D eigenvalue weighted by Gasteiger charge is 2.46. The molecule has 1 saturated heterocycles. The fourth-order valence-corrected chi connectivity index (χ4v) is 4.95. The Morgan fingerprint density at radius 3 is 2.38 bits per heavy atom. The zero-order valence-corrected chi connectivity index (χ0v) is 19.1. The number of benzene rings is 2. The first-order valence-electron chi connectivity index (χ1n) is 11.2. The molecule has 2 heterocycles. The average molecular weight is 463 g/mol. The summed E-state index contributed by atoms with van der Waals surface area (Å²) in [5.41, 5.74) is 4.70. The molecule has 0 saturated carbocycles. The van der Waals surface area contributed by atoms with E-state index in [0.717, 1.165) is 29.5 Å². The predicted octanol–water partition coefficient (Wildman–Crippen LogP) is 2.72. The molecule has 2 aromatic rings. The number of ether oxygens (including phenoxy) is 2. The lowest BCUT2D eigenvalue weighted by Gasteiger charge is -2.40. The smallest absolute Gasteiger partial charge is 0.130 e. The van der Waals surface area contributed by atoms with Crippen LogP contribution in [0.25, 0.3) is 0 Å². The summed E-state index contributed by atoms with van der Waals surface area (Å²) in [6.45, 7) is 3.62. The van der Waals surface area contributed by atoms with Crippen LogP contribution in [0, 0.1) is 0 Å². The van der Waals surface area contributed by atoms with Crippen LogP contribution < -0.4 is 4.74 Å². The molecule has 0 aliphatic carbocycles. The Balaban J connectivity index is 1.72. The molecule has 4 N–H and O–H groups in total. The van der Waals surface area contributed by atoms with Gasteiger partial charge in [-0.1, -0.05) is 49.2 Å². The fraction of sp³-hybridized carbons (Fsp3) is 0.520. The zero-order valence-electron chi connectivity index (χ0n) is 18.4. The van der Waals surface area contributed by atoms with Gasteiger partial charge in [0.25, 0.3) is 0 Å². The van der Waals surface area contributed by atoms with Gasteiger partial charge >= 0.3 is 0 Å². The van der Waals surface area contributed by atoms with Gasteiger partial charge in [0.1, 0.15) is 42.4 Å². The van der Waals surface area contributed by atoms with Crippen LogP contribution in [0.1, 0.15) is 54.2 Å². The van der Waals surface area contributed by atoms with Gasteiger partial charge < -0.3 is 29.9 Å². The van der Waals surface area contributed by atoms with Gasteiger partial charge in [0.05, 0.1) is 11.6 Å². The van der Waals surface area contributed by atoms with Crippen molar-refractivity contribution in [1.29, 1.82) is 0 Å². The first-order chi connectivity index (χ1) is 15.3. The Kier molecular flexibility index (Phi) is 7.10. The van der Waals surface area contributed by atoms with Gasteiger partial charge in [-0.3, -0.25) is 0 Å². The van der Waals surface area contributed by atoms with E-state index in [1.165, 1.54) is 5.56 Å². The van der Waals surface area contributed by atoms with Crippen LogP contribution in [0.4, 0.5) is 0 Å². The van der Waals surface area contributed by atoms with E-state index < -0.39 is 37.1 Å². The van der Waals surface area contributed by atoms with Gasteiger partial charge in [0.2, 0.25) is 0 Å². The minimum atomic E-state index is -1.45. The SMILES string of the molecule is CCCc1ccc(Cc2cc([C@@H]3O[C@H](CO)[C@@H](O)[C@H](O)[C@H]3O)c3c(c2Cl)CC(C)O3)cc1. The maximum absolute atomic E-state index is 10.7. The predicted molar refractivity (Wildman–Crippen MR) is 121 cm³/mol. The molecule has 4 rings (SSSR count). The lowest BCUT2D eigenvalue weighted by atomic mass is 9.88. The molecule has 7 heteroatoms. The minimum Gasteiger partial charge on any atom is -0.490 e. The van der Waals surface area contributed by atoms with Crippen molar-refractivity contribution in [2.75, 3.05) is 6.61 Å². The summed E-state index contributed by atoms with van der Waals surface area (Å²) in [5, 5.41) is 41.4. The van der Waals surface area contributed by atoms with Crippen molar-refractivity contribution < 1.29 is 29.9 Å². The molecular formula is C25H31ClO6. The summed E-state index contributed by atoms with van der Waals surface area (Å²) in [6.07, 6.45) is -2.93. The van der Waals surface area contributed by atoms with Gasteiger partial charge in [-0.25, -0.2) is 0 Å². The standard InChI is InChI=1S/C25H31ClO6/c1-3-4-14-5-7-15(8-6-14)10-16-11-18(24-17(20(16)26)9-13(2)31-24)25-23(30)22(29)21(28)19(12-27)32-25/h5-8,11,13,19,21-23,25,27-30H,3-4,9-10,12H2,1-2H3/t13?,19-,21-,22+,23-,25+/m1/s1.